The largest absolute Gasteiger partial charge is 0.455 e. The van der Waals surface area contributed by atoms with Crippen LogP contribution < -0.4 is 4.90 Å². The minimum Gasteiger partial charge on any atom is -0.455 e. The zero-order valence-corrected chi connectivity index (χ0v) is 37.3. The monoisotopic (exact) mass is 871 g/mol. The van der Waals surface area contributed by atoms with Crippen LogP contribution in [0.15, 0.2) is 253 Å². The van der Waals surface area contributed by atoms with Gasteiger partial charge < -0.3 is 9.32 Å². The molecular formula is C64H41NOS. The number of furan rings is 1. The van der Waals surface area contributed by atoms with Crippen molar-refractivity contribution >= 4 is 81.1 Å². The van der Waals surface area contributed by atoms with Crippen LogP contribution in [-0.2, 0) is 0 Å². The van der Waals surface area contributed by atoms with Crippen molar-refractivity contribution in [2.24, 2.45) is 0 Å². The molecule has 0 saturated heterocycles. The highest BCUT2D eigenvalue weighted by Gasteiger charge is 2.24. The van der Waals surface area contributed by atoms with E-state index >= 15 is 0 Å². The topological polar surface area (TPSA) is 16.4 Å². The van der Waals surface area contributed by atoms with Gasteiger partial charge in [-0.05, 0) is 97.6 Å². The quantitative estimate of drug-likeness (QED) is 0.141. The van der Waals surface area contributed by atoms with Crippen molar-refractivity contribution in [2.45, 2.75) is 0 Å². The molecule has 0 spiro atoms. The van der Waals surface area contributed by atoms with Gasteiger partial charge in [0.15, 0.2) is 0 Å². The lowest BCUT2D eigenvalue weighted by Crippen LogP contribution is -2.10. The Morgan fingerprint density at radius 1 is 0.313 bits per heavy atom. The number of benzene rings is 11. The molecule has 2 heterocycles. The molecule has 314 valence electrons. The lowest BCUT2D eigenvalue weighted by atomic mass is 9.91. The van der Waals surface area contributed by atoms with Crippen LogP contribution in [0.1, 0.15) is 0 Å². The van der Waals surface area contributed by atoms with E-state index in [1.54, 1.807) is 0 Å². The van der Waals surface area contributed by atoms with Crippen molar-refractivity contribution in [2.75, 3.05) is 4.90 Å². The lowest BCUT2D eigenvalue weighted by Gasteiger charge is -2.26. The summed E-state index contributed by atoms with van der Waals surface area (Å²) in [5.74, 6) is 0.890. The molecule has 0 saturated carbocycles. The highest BCUT2D eigenvalue weighted by Crippen LogP contribution is 2.50. The molecule has 0 aliphatic carbocycles. The summed E-state index contributed by atoms with van der Waals surface area (Å²) in [6.45, 7) is 0. The zero-order valence-electron chi connectivity index (χ0n) is 36.4. The SMILES string of the molecule is c1ccc(-c2ccc(N(c3ccc(-c4ccc5c(c4)c4ccccc4c4c(-c6ccccc6)c(-c6ccccc6)oc54)cc3)c3cccc4c3sc3c(-c5ccccc5)cccc34)cc2)cc1. The van der Waals surface area contributed by atoms with Crippen LogP contribution in [0.3, 0.4) is 0 Å². The molecule has 0 N–H and O–H groups in total. The fourth-order valence-electron chi connectivity index (χ4n) is 10.1. The summed E-state index contributed by atoms with van der Waals surface area (Å²) in [5, 5.41) is 8.35. The van der Waals surface area contributed by atoms with Gasteiger partial charge in [0.2, 0.25) is 0 Å². The number of hydrogen-bond acceptors (Lipinski definition) is 3. The molecule has 0 unspecified atom stereocenters. The maximum absolute atomic E-state index is 7.04. The van der Waals surface area contributed by atoms with Crippen LogP contribution in [0.5, 0.6) is 0 Å². The fourth-order valence-corrected chi connectivity index (χ4v) is 11.5. The molecule has 2 nitrogen and oxygen atoms in total. The van der Waals surface area contributed by atoms with E-state index in [-0.39, 0.29) is 0 Å². The number of hydrogen-bond donors (Lipinski definition) is 0. The van der Waals surface area contributed by atoms with E-state index in [0.717, 1.165) is 67.0 Å². The van der Waals surface area contributed by atoms with Crippen LogP contribution in [0.2, 0.25) is 0 Å². The van der Waals surface area contributed by atoms with E-state index in [9.17, 15) is 0 Å². The van der Waals surface area contributed by atoms with Gasteiger partial charge in [-0.25, -0.2) is 0 Å². The predicted octanol–water partition coefficient (Wildman–Crippen LogP) is 18.9. The van der Waals surface area contributed by atoms with E-state index in [4.69, 9.17) is 4.42 Å². The first-order chi connectivity index (χ1) is 33.2. The van der Waals surface area contributed by atoms with Gasteiger partial charge in [-0.2, -0.15) is 0 Å². The van der Waals surface area contributed by atoms with Crippen molar-refractivity contribution in [1.29, 1.82) is 0 Å². The highest BCUT2D eigenvalue weighted by molar-refractivity contribution is 7.27. The molecule has 0 aliphatic heterocycles. The summed E-state index contributed by atoms with van der Waals surface area (Å²) in [6.07, 6.45) is 0. The Bertz CT molecular complexity index is 3930. The number of anilines is 3. The molecule has 67 heavy (non-hydrogen) atoms. The Morgan fingerprint density at radius 3 is 1.46 bits per heavy atom. The molecule has 0 bridgehead atoms. The first-order valence-electron chi connectivity index (χ1n) is 22.8. The van der Waals surface area contributed by atoms with Gasteiger partial charge in [0.1, 0.15) is 11.3 Å². The molecule has 0 fully saturated rings. The van der Waals surface area contributed by atoms with Gasteiger partial charge >= 0.3 is 0 Å². The molecule has 11 aromatic carbocycles. The molecule has 0 amide bonds. The summed E-state index contributed by atoms with van der Waals surface area (Å²) in [5.41, 5.74) is 14.8. The molecule has 13 rings (SSSR count). The molecule has 0 atom stereocenters. The minimum atomic E-state index is 0.890. The van der Waals surface area contributed by atoms with Crippen molar-refractivity contribution < 1.29 is 4.42 Å². The summed E-state index contributed by atoms with van der Waals surface area (Å²) in [4.78, 5) is 2.43. The summed E-state index contributed by atoms with van der Waals surface area (Å²) >= 11 is 1.88. The Kier molecular flexibility index (Phi) is 9.40. The van der Waals surface area contributed by atoms with Gasteiger partial charge in [-0.1, -0.05) is 206 Å². The van der Waals surface area contributed by atoms with Crippen LogP contribution in [-0.4, -0.2) is 0 Å². The Morgan fingerprint density at radius 2 is 0.806 bits per heavy atom. The number of thiophene rings is 1. The zero-order chi connectivity index (χ0) is 44.3. The van der Waals surface area contributed by atoms with Crippen molar-refractivity contribution in [3.05, 3.63) is 249 Å². The van der Waals surface area contributed by atoms with Crippen molar-refractivity contribution in [3.63, 3.8) is 0 Å². The van der Waals surface area contributed by atoms with E-state index < -0.39 is 0 Å². The van der Waals surface area contributed by atoms with Gasteiger partial charge in [0.25, 0.3) is 0 Å². The Hall–Kier alpha value is -8.50. The third-order valence-corrected chi connectivity index (χ3v) is 14.6. The van der Waals surface area contributed by atoms with Crippen LogP contribution >= 0.6 is 11.3 Å². The first kappa shape index (κ1) is 38.9. The normalized spacial score (nSPS) is 11.6. The third-order valence-electron chi connectivity index (χ3n) is 13.3. The second-order valence-corrected chi connectivity index (χ2v) is 18.2. The lowest BCUT2D eigenvalue weighted by molar-refractivity contribution is 0.636. The molecule has 0 aliphatic rings. The second kappa shape index (κ2) is 16.2. The van der Waals surface area contributed by atoms with Crippen molar-refractivity contribution in [3.8, 4) is 55.8 Å². The fraction of sp³-hybridized carbons (Fsp3) is 0. The Balaban J connectivity index is 0.957. The maximum Gasteiger partial charge on any atom is 0.143 e. The summed E-state index contributed by atoms with van der Waals surface area (Å²) in [6, 6.07) is 89.7. The average molecular weight is 872 g/mol. The number of rotatable bonds is 8. The van der Waals surface area contributed by atoms with E-state index in [1.165, 1.54) is 58.6 Å². The summed E-state index contributed by atoms with van der Waals surface area (Å²) in [7, 11) is 0. The maximum atomic E-state index is 7.04. The minimum absolute atomic E-state index is 0.890. The predicted molar refractivity (Wildman–Crippen MR) is 286 cm³/mol. The third kappa shape index (κ3) is 6.63. The van der Waals surface area contributed by atoms with Gasteiger partial charge in [0, 0.05) is 48.7 Å². The van der Waals surface area contributed by atoms with E-state index in [2.05, 4.69) is 254 Å². The molecule has 0 radical (unpaired) electrons. The van der Waals surface area contributed by atoms with Gasteiger partial charge in [-0.3, -0.25) is 0 Å². The Labute approximate surface area is 392 Å². The van der Waals surface area contributed by atoms with Gasteiger partial charge in [-0.15, -0.1) is 11.3 Å². The molecule has 3 heteroatoms. The molecule has 13 aromatic rings. The van der Waals surface area contributed by atoms with Crippen LogP contribution in [0, 0.1) is 0 Å². The first-order valence-corrected chi connectivity index (χ1v) is 23.6. The highest BCUT2D eigenvalue weighted by atomic mass is 32.1. The van der Waals surface area contributed by atoms with Crippen LogP contribution in [0.4, 0.5) is 17.1 Å². The van der Waals surface area contributed by atoms with Crippen LogP contribution in [0.25, 0.3) is 109 Å². The average Bonchev–Trinajstić information content (AvgIpc) is 4.01. The smallest absolute Gasteiger partial charge is 0.143 e. The second-order valence-electron chi connectivity index (χ2n) is 17.1. The molecular weight excluding hydrogens is 831 g/mol. The summed E-state index contributed by atoms with van der Waals surface area (Å²) < 4.78 is 9.60. The standard InChI is InChI=1S/C64H41NOS/c1-5-17-42(18-6-1)43-31-36-49(37-32-43)65(58-30-16-29-56-55-28-15-27-51(63(55)67-64(56)58)45-19-7-2-8-20-45)50-38-33-44(34-39-50)48-35-40-54-57(41-48)52-25-13-14-26-53(52)60-59(46-21-9-3-10-22-46)61(66-62(54)60)47-23-11-4-12-24-47/h1-41H. The number of fused-ring (bicyclic) bond motifs is 9. The van der Waals surface area contributed by atoms with E-state index in [1.807, 2.05) is 11.3 Å². The van der Waals surface area contributed by atoms with Gasteiger partial charge in [0.05, 0.1) is 10.4 Å². The molecule has 2 aromatic heterocycles. The van der Waals surface area contributed by atoms with Crippen molar-refractivity contribution in [1.82, 2.24) is 0 Å². The van der Waals surface area contributed by atoms with E-state index in [0.29, 0.717) is 0 Å². The number of nitrogens with zero attached hydrogens (tertiary/aromatic N) is 1.